The molecule has 0 bridgehead atoms. The number of hydrogen-bond acceptors (Lipinski definition) is 4. The highest BCUT2D eigenvalue weighted by molar-refractivity contribution is 5.96. The summed E-state index contributed by atoms with van der Waals surface area (Å²) < 4.78 is 5.46. The number of aliphatic hydroxyl groups excluding tert-OH is 1. The summed E-state index contributed by atoms with van der Waals surface area (Å²) in [6, 6.07) is 11.0. The van der Waals surface area contributed by atoms with Gasteiger partial charge in [0.1, 0.15) is 5.75 Å². The Morgan fingerprint density at radius 2 is 2.07 bits per heavy atom. The normalized spacial score (nSPS) is 23.8. The van der Waals surface area contributed by atoms with Crippen LogP contribution in [0.5, 0.6) is 5.75 Å². The van der Waals surface area contributed by atoms with Crippen molar-refractivity contribution in [3.05, 3.63) is 48.2 Å². The Balaban J connectivity index is 1.90. The average molecular weight is 383 g/mol. The van der Waals surface area contributed by atoms with Crippen molar-refractivity contribution in [2.45, 2.75) is 45.6 Å². The fourth-order valence-corrected chi connectivity index (χ4v) is 4.88. The van der Waals surface area contributed by atoms with Crippen LogP contribution in [0.1, 0.15) is 50.4 Å². The van der Waals surface area contributed by atoms with Crippen LogP contribution >= 0.6 is 0 Å². The summed E-state index contributed by atoms with van der Waals surface area (Å²) in [5, 5.41) is 13.3. The molecule has 2 N–H and O–H groups in total. The molecule has 1 aliphatic rings. The zero-order valence-corrected chi connectivity index (χ0v) is 17.2. The fourth-order valence-electron chi connectivity index (χ4n) is 4.88. The number of rotatable bonds is 5. The third-order valence-electron chi connectivity index (χ3n) is 5.54. The van der Waals surface area contributed by atoms with E-state index in [1.807, 2.05) is 18.2 Å². The lowest BCUT2D eigenvalue weighted by atomic mass is 9.64. The minimum absolute atomic E-state index is 0.0598. The smallest absolute Gasteiger partial charge is 0.251 e. The van der Waals surface area contributed by atoms with Crippen molar-refractivity contribution in [2.75, 3.05) is 13.7 Å². The molecule has 0 saturated heterocycles. The quantitative estimate of drug-likeness (QED) is 0.818. The lowest BCUT2D eigenvalue weighted by Crippen LogP contribution is -2.57. The molecule has 0 radical (unpaired) electrons. The molecule has 1 aromatic carbocycles. The molecular formula is C23H30N2O3. The number of nitrogens with zero attached hydrogens (tertiary/aromatic N) is 1. The number of pyridine rings is 1. The Bertz CT molecular complexity index is 835. The molecule has 5 heteroatoms. The first-order chi connectivity index (χ1) is 13.3. The molecule has 2 aromatic rings. The standard InChI is InChI=1S/C23H30N2O3/c1-16-12-22(2,3)14-23(13-16,15-26)25-21(27)17-8-9-20(28-4)18(11-17)19-7-5-6-10-24-19/h5-11,16,26H,12-15H2,1-4H3,(H,25,27)/t16-,23-/m0/s1. The number of amides is 1. The molecule has 2 atom stereocenters. The lowest BCUT2D eigenvalue weighted by Gasteiger charge is -2.47. The van der Waals surface area contributed by atoms with Crippen LogP contribution in [0.4, 0.5) is 0 Å². The molecule has 1 saturated carbocycles. The van der Waals surface area contributed by atoms with E-state index in [9.17, 15) is 9.90 Å². The molecule has 0 spiro atoms. The molecule has 28 heavy (non-hydrogen) atoms. The molecule has 150 valence electrons. The lowest BCUT2D eigenvalue weighted by molar-refractivity contribution is 0.0334. The highest BCUT2D eigenvalue weighted by atomic mass is 16.5. The average Bonchev–Trinajstić information content (AvgIpc) is 2.66. The van der Waals surface area contributed by atoms with E-state index in [2.05, 4.69) is 31.1 Å². The van der Waals surface area contributed by atoms with Crippen LogP contribution in [-0.2, 0) is 0 Å². The molecule has 0 aliphatic heterocycles. The highest BCUT2D eigenvalue weighted by Gasteiger charge is 2.43. The van der Waals surface area contributed by atoms with Crippen LogP contribution in [0.15, 0.2) is 42.6 Å². The van der Waals surface area contributed by atoms with Gasteiger partial charge in [0.2, 0.25) is 0 Å². The van der Waals surface area contributed by atoms with Crippen LogP contribution in [0.25, 0.3) is 11.3 Å². The van der Waals surface area contributed by atoms with Crippen molar-refractivity contribution in [3.63, 3.8) is 0 Å². The van der Waals surface area contributed by atoms with Gasteiger partial charge in [-0.15, -0.1) is 0 Å². The predicted octanol–water partition coefficient (Wildman–Crippen LogP) is 4.06. The van der Waals surface area contributed by atoms with Crippen molar-refractivity contribution in [3.8, 4) is 17.0 Å². The highest BCUT2D eigenvalue weighted by Crippen LogP contribution is 2.44. The number of benzene rings is 1. The number of aliphatic hydroxyl groups is 1. The van der Waals surface area contributed by atoms with Crippen molar-refractivity contribution < 1.29 is 14.6 Å². The minimum atomic E-state index is -0.594. The van der Waals surface area contributed by atoms with E-state index in [1.165, 1.54) is 0 Å². The van der Waals surface area contributed by atoms with Crippen LogP contribution in [-0.4, -0.2) is 35.3 Å². The summed E-state index contributed by atoms with van der Waals surface area (Å²) >= 11 is 0. The van der Waals surface area contributed by atoms with Crippen LogP contribution in [0.2, 0.25) is 0 Å². The van der Waals surface area contributed by atoms with Crippen molar-refractivity contribution in [2.24, 2.45) is 11.3 Å². The molecule has 1 fully saturated rings. The number of aromatic nitrogens is 1. The maximum Gasteiger partial charge on any atom is 0.251 e. The van der Waals surface area contributed by atoms with Gasteiger partial charge >= 0.3 is 0 Å². The van der Waals surface area contributed by atoms with Gasteiger partial charge in [-0.1, -0.05) is 26.8 Å². The van der Waals surface area contributed by atoms with Crippen LogP contribution in [0.3, 0.4) is 0 Å². The third kappa shape index (κ3) is 4.36. The van der Waals surface area contributed by atoms with E-state index < -0.39 is 5.54 Å². The Morgan fingerprint density at radius 1 is 1.29 bits per heavy atom. The van der Waals surface area contributed by atoms with Crippen molar-refractivity contribution in [1.29, 1.82) is 0 Å². The fraction of sp³-hybridized carbons (Fsp3) is 0.478. The number of methoxy groups -OCH3 is 1. The van der Waals surface area contributed by atoms with E-state index >= 15 is 0 Å². The van der Waals surface area contributed by atoms with Crippen LogP contribution in [0, 0.1) is 11.3 Å². The number of carbonyl (C=O) groups excluding carboxylic acids is 1. The van der Waals surface area contributed by atoms with Gasteiger partial charge in [-0.3, -0.25) is 9.78 Å². The Kier molecular flexibility index (Phi) is 5.75. The van der Waals surface area contributed by atoms with Crippen molar-refractivity contribution >= 4 is 5.91 Å². The van der Waals surface area contributed by atoms with Gasteiger partial charge in [-0.2, -0.15) is 0 Å². The number of ether oxygens (including phenoxy) is 1. The van der Waals surface area contributed by atoms with Gasteiger partial charge in [-0.05, 0) is 60.9 Å². The summed E-state index contributed by atoms with van der Waals surface area (Å²) in [6.45, 7) is 6.53. The first-order valence-corrected chi connectivity index (χ1v) is 9.80. The van der Waals surface area contributed by atoms with E-state index in [-0.39, 0.29) is 17.9 Å². The minimum Gasteiger partial charge on any atom is -0.496 e. The van der Waals surface area contributed by atoms with Gasteiger partial charge in [0.05, 0.1) is 24.9 Å². The van der Waals surface area contributed by atoms with E-state index in [0.29, 0.717) is 17.2 Å². The van der Waals surface area contributed by atoms with Crippen LogP contribution < -0.4 is 10.1 Å². The second-order valence-electron chi connectivity index (χ2n) is 8.88. The summed E-state index contributed by atoms with van der Waals surface area (Å²) in [5.74, 6) is 0.925. The third-order valence-corrected chi connectivity index (χ3v) is 5.54. The zero-order valence-electron chi connectivity index (χ0n) is 17.2. The van der Waals surface area contributed by atoms with E-state index in [0.717, 1.165) is 30.5 Å². The second kappa shape index (κ2) is 7.92. The summed E-state index contributed by atoms with van der Waals surface area (Å²) in [5.41, 5.74) is 1.53. The van der Waals surface area contributed by atoms with Gasteiger partial charge in [0.25, 0.3) is 5.91 Å². The Labute approximate surface area is 167 Å². The largest absolute Gasteiger partial charge is 0.496 e. The van der Waals surface area contributed by atoms with Gasteiger partial charge in [-0.25, -0.2) is 0 Å². The molecule has 1 aromatic heterocycles. The summed E-state index contributed by atoms with van der Waals surface area (Å²) in [6.07, 6.45) is 4.35. The van der Waals surface area contributed by atoms with Gasteiger partial charge < -0.3 is 15.2 Å². The topological polar surface area (TPSA) is 71.5 Å². The maximum absolute atomic E-state index is 13.1. The number of carbonyl (C=O) groups is 1. The molecule has 1 heterocycles. The van der Waals surface area contributed by atoms with Gasteiger partial charge in [0.15, 0.2) is 0 Å². The first-order valence-electron chi connectivity index (χ1n) is 9.80. The predicted molar refractivity (Wildman–Crippen MR) is 110 cm³/mol. The Hall–Kier alpha value is -2.40. The maximum atomic E-state index is 13.1. The molecule has 5 nitrogen and oxygen atoms in total. The van der Waals surface area contributed by atoms with E-state index in [4.69, 9.17) is 4.74 Å². The zero-order chi connectivity index (χ0) is 20.4. The molecule has 1 aliphatic carbocycles. The SMILES string of the molecule is COc1ccc(C(=O)N[C@@]2(CO)C[C@@H](C)CC(C)(C)C2)cc1-c1ccccn1. The number of hydrogen-bond donors (Lipinski definition) is 2. The van der Waals surface area contributed by atoms with E-state index in [1.54, 1.807) is 31.5 Å². The Morgan fingerprint density at radius 3 is 2.68 bits per heavy atom. The first kappa shape index (κ1) is 20.3. The van der Waals surface area contributed by atoms with Gasteiger partial charge in [0, 0.05) is 17.3 Å². The molecule has 1 amide bonds. The molecule has 3 rings (SSSR count). The summed E-state index contributed by atoms with van der Waals surface area (Å²) in [4.78, 5) is 17.5. The molecule has 0 unspecified atom stereocenters. The second-order valence-corrected chi connectivity index (χ2v) is 8.88. The summed E-state index contributed by atoms with van der Waals surface area (Å²) in [7, 11) is 1.60. The number of nitrogens with one attached hydrogen (secondary N) is 1. The van der Waals surface area contributed by atoms with Crippen molar-refractivity contribution in [1.82, 2.24) is 10.3 Å². The molecular weight excluding hydrogens is 352 g/mol. The monoisotopic (exact) mass is 382 g/mol.